The third-order valence-corrected chi connectivity index (χ3v) is 12.3. The summed E-state index contributed by atoms with van der Waals surface area (Å²) >= 11 is 1.84. The Morgan fingerprint density at radius 2 is 0.982 bits per heavy atom. The predicted molar refractivity (Wildman–Crippen MR) is 249 cm³/mol. The third kappa shape index (κ3) is 5.80. The van der Waals surface area contributed by atoms with Gasteiger partial charge in [0.05, 0.1) is 16.6 Å². The minimum atomic E-state index is 0.808. The first-order valence-corrected chi connectivity index (χ1v) is 19.9. The van der Waals surface area contributed by atoms with Gasteiger partial charge in [-0.25, -0.2) is 0 Å². The Morgan fingerprint density at radius 1 is 0.474 bits per heavy atom. The van der Waals surface area contributed by atoms with Crippen LogP contribution in [-0.2, 0) is 0 Å². The largest absolute Gasteiger partial charge is 0.311 e. The maximum absolute atomic E-state index is 4.56. The molecule has 0 bridgehead atoms. The predicted octanol–water partition coefficient (Wildman–Crippen LogP) is 15.6. The summed E-state index contributed by atoms with van der Waals surface area (Å²) in [7, 11) is 0. The monoisotopic (exact) mass is 746 g/mol. The SMILES string of the molecule is C=C/C=C\C(=C)C(=C)/C=C\C(=C)N(c1ccc(-c2ccc3sc4ccccc4c3c2)cc1)c1ccc(-c2cc3c4ccccc4n4c5ccccc5c(c2)c34)cc1. The fraction of sp³-hybridized carbons (Fsp3) is 0. The van der Waals surface area contributed by atoms with Crippen LogP contribution in [0, 0.1) is 0 Å². The van der Waals surface area contributed by atoms with E-state index in [1.807, 2.05) is 35.6 Å². The lowest BCUT2D eigenvalue weighted by Gasteiger charge is -2.26. The minimum Gasteiger partial charge on any atom is -0.311 e. The van der Waals surface area contributed by atoms with Crippen LogP contribution in [0.5, 0.6) is 0 Å². The fourth-order valence-electron chi connectivity index (χ4n) is 8.28. The standard InChI is InChI=1S/C54H38N2S/c1-5-6-13-35(2)36(3)20-21-37(4)55(42-27-22-38(23-28-42)40-26-31-53-47(32-40)46-16-9-12-19-52(46)57-53)43-29-24-39(25-30-43)41-33-48-44-14-7-10-17-50(44)56-51-18-11-8-15-45(51)49(34-41)54(48)56/h5-34H,1-4H2/b13-6-,21-20-. The number of benzene rings is 7. The fourth-order valence-corrected chi connectivity index (χ4v) is 9.36. The Morgan fingerprint density at radius 3 is 1.61 bits per heavy atom. The second-order valence-electron chi connectivity index (χ2n) is 14.5. The number of thiophene rings is 1. The lowest BCUT2D eigenvalue weighted by Crippen LogP contribution is -2.14. The number of nitrogens with zero attached hydrogens (tertiary/aromatic N) is 2. The Balaban J connectivity index is 1.03. The van der Waals surface area contributed by atoms with Gasteiger partial charge in [0.1, 0.15) is 0 Å². The molecule has 0 saturated carbocycles. The number of para-hydroxylation sites is 2. The quantitative estimate of drug-likeness (QED) is 0.126. The molecule has 0 unspecified atom stereocenters. The maximum Gasteiger partial charge on any atom is 0.0620 e. The molecular weight excluding hydrogens is 709 g/mol. The van der Waals surface area contributed by atoms with Gasteiger partial charge >= 0.3 is 0 Å². The molecular formula is C54H38N2S. The van der Waals surface area contributed by atoms with Gasteiger partial charge in [0.15, 0.2) is 0 Å². The lowest BCUT2D eigenvalue weighted by molar-refractivity contribution is 1.22. The van der Waals surface area contributed by atoms with Crippen molar-refractivity contribution in [1.82, 2.24) is 4.40 Å². The highest BCUT2D eigenvalue weighted by Crippen LogP contribution is 2.43. The molecule has 3 heterocycles. The first kappa shape index (κ1) is 34.3. The number of allylic oxidation sites excluding steroid dienone is 7. The highest BCUT2D eigenvalue weighted by Gasteiger charge is 2.19. The Kier molecular flexibility index (Phi) is 8.32. The number of rotatable bonds is 10. The molecule has 0 aliphatic heterocycles. The topological polar surface area (TPSA) is 7.65 Å². The van der Waals surface area contributed by atoms with Crippen LogP contribution >= 0.6 is 11.3 Å². The lowest BCUT2D eigenvalue weighted by atomic mass is 9.99. The van der Waals surface area contributed by atoms with E-state index in [4.69, 9.17) is 0 Å². The van der Waals surface area contributed by atoms with Crippen molar-refractivity contribution in [2.45, 2.75) is 0 Å². The van der Waals surface area contributed by atoms with Gasteiger partial charge in [0.2, 0.25) is 0 Å². The number of fused-ring (bicyclic) bond motifs is 9. The molecule has 0 saturated heterocycles. The van der Waals surface area contributed by atoms with Gasteiger partial charge in [-0.15, -0.1) is 11.3 Å². The van der Waals surface area contributed by atoms with E-state index in [1.54, 1.807) is 6.08 Å². The van der Waals surface area contributed by atoms with Crippen LogP contribution < -0.4 is 4.90 Å². The molecule has 0 N–H and O–H groups in total. The van der Waals surface area contributed by atoms with Crippen LogP contribution in [0.3, 0.4) is 0 Å². The normalized spacial score (nSPS) is 12.0. The van der Waals surface area contributed by atoms with Gasteiger partial charge in [-0.3, -0.25) is 0 Å². The van der Waals surface area contributed by atoms with Crippen molar-refractivity contribution in [3.63, 3.8) is 0 Å². The van der Waals surface area contributed by atoms with Crippen LogP contribution in [0.15, 0.2) is 225 Å². The van der Waals surface area contributed by atoms with Gasteiger partial charge in [-0.2, -0.15) is 0 Å². The first-order valence-electron chi connectivity index (χ1n) is 19.1. The van der Waals surface area contributed by atoms with E-state index >= 15 is 0 Å². The Hall–Kier alpha value is -7.20. The minimum absolute atomic E-state index is 0.808. The Labute approximate surface area is 336 Å². The van der Waals surface area contributed by atoms with Gasteiger partial charge < -0.3 is 9.30 Å². The second-order valence-corrected chi connectivity index (χ2v) is 15.6. The molecule has 3 heteroatoms. The van der Waals surface area contributed by atoms with Gasteiger partial charge in [0.25, 0.3) is 0 Å². The van der Waals surface area contributed by atoms with Crippen molar-refractivity contribution >= 4 is 81.0 Å². The van der Waals surface area contributed by atoms with Crippen molar-refractivity contribution in [3.8, 4) is 22.3 Å². The molecule has 3 aromatic heterocycles. The Bertz CT molecular complexity index is 3210. The van der Waals surface area contributed by atoms with E-state index in [0.717, 1.165) is 39.3 Å². The van der Waals surface area contributed by atoms with E-state index in [9.17, 15) is 0 Å². The zero-order chi connectivity index (χ0) is 38.6. The number of aromatic nitrogens is 1. The average Bonchev–Trinajstić information content (AvgIpc) is 3.92. The maximum atomic E-state index is 4.56. The van der Waals surface area contributed by atoms with E-state index < -0.39 is 0 Å². The van der Waals surface area contributed by atoms with Crippen LogP contribution in [0.2, 0.25) is 0 Å². The van der Waals surface area contributed by atoms with Crippen molar-refractivity contribution in [2.75, 3.05) is 4.90 Å². The third-order valence-electron chi connectivity index (χ3n) is 11.1. The number of hydrogen-bond acceptors (Lipinski definition) is 2. The highest BCUT2D eigenvalue weighted by atomic mass is 32.1. The molecule has 0 fully saturated rings. The van der Waals surface area contributed by atoms with Crippen LogP contribution in [0.4, 0.5) is 11.4 Å². The van der Waals surface area contributed by atoms with E-state index in [1.165, 1.54) is 69.4 Å². The van der Waals surface area contributed by atoms with Crippen LogP contribution in [-0.4, -0.2) is 4.40 Å². The molecule has 0 aliphatic carbocycles. The van der Waals surface area contributed by atoms with Gasteiger partial charge in [-0.1, -0.05) is 136 Å². The molecule has 0 radical (unpaired) electrons. The second kappa shape index (κ2) is 13.8. The van der Waals surface area contributed by atoms with Crippen molar-refractivity contribution in [2.24, 2.45) is 0 Å². The summed E-state index contributed by atoms with van der Waals surface area (Å²) < 4.78 is 5.04. The summed E-state index contributed by atoms with van der Waals surface area (Å²) in [6, 6.07) is 55.2. The molecule has 270 valence electrons. The van der Waals surface area contributed by atoms with E-state index in [2.05, 4.69) is 187 Å². The number of hydrogen-bond donors (Lipinski definition) is 0. The zero-order valence-electron chi connectivity index (χ0n) is 31.5. The summed E-state index contributed by atoms with van der Waals surface area (Å²) in [4.78, 5) is 2.20. The van der Waals surface area contributed by atoms with Crippen LogP contribution in [0.1, 0.15) is 0 Å². The smallest absolute Gasteiger partial charge is 0.0620 e. The molecule has 7 aromatic carbocycles. The molecule has 0 atom stereocenters. The molecule has 10 aromatic rings. The zero-order valence-corrected chi connectivity index (χ0v) is 32.3. The molecule has 0 spiro atoms. The van der Waals surface area contributed by atoms with Gasteiger partial charge in [-0.05, 0) is 106 Å². The molecule has 57 heavy (non-hydrogen) atoms. The van der Waals surface area contributed by atoms with Crippen molar-refractivity contribution < 1.29 is 0 Å². The summed E-state index contributed by atoms with van der Waals surface area (Å²) in [6.07, 6.45) is 9.50. The van der Waals surface area contributed by atoms with E-state index in [0.29, 0.717) is 0 Å². The van der Waals surface area contributed by atoms with Crippen molar-refractivity contribution in [1.29, 1.82) is 0 Å². The summed E-state index contributed by atoms with van der Waals surface area (Å²) in [5.41, 5.74) is 12.9. The van der Waals surface area contributed by atoms with Crippen molar-refractivity contribution in [3.05, 3.63) is 225 Å². The van der Waals surface area contributed by atoms with Gasteiger partial charge in [0, 0.05) is 58.8 Å². The molecule has 0 amide bonds. The molecule has 10 rings (SSSR count). The summed E-state index contributed by atoms with van der Waals surface area (Å²) in [5, 5.41) is 7.69. The van der Waals surface area contributed by atoms with E-state index in [-0.39, 0.29) is 0 Å². The van der Waals surface area contributed by atoms with Crippen LogP contribution in [0.25, 0.3) is 80.5 Å². The number of anilines is 2. The average molecular weight is 747 g/mol. The first-order chi connectivity index (χ1) is 28.0. The highest BCUT2D eigenvalue weighted by molar-refractivity contribution is 7.25. The molecule has 2 nitrogen and oxygen atoms in total. The summed E-state index contributed by atoms with van der Waals surface area (Å²) in [5.74, 6) is 0. The summed E-state index contributed by atoms with van der Waals surface area (Å²) in [6.45, 7) is 16.8. The molecule has 0 aliphatic rings.